The Labute approximate surface area is 170 Å². The van der Waals surface area contributed by atoms with Gasteiger partial charge in [0.1, 0.15) is 23.3 Å². The minimum atomic E-state index is -0.0990. The van der Waals surface area contributed by atoms with Crippen LogP contribution in [-0.4, -0.2) is 30.2 Å². The molecule has 1 saturated heterocycles. The normalized spacial score (nSPS) is 20.1. The van der Waals surface area contributed by atoms with Crippen LogP contribution in [0.2, 0.25) is 0 Å². The molecular weight excluding hydrogens is 366 g/mol. The number of nitrogens with zero attached hydrogens (tertiary/aromatic N) is 1. The number of aromatic hydroxyl groups is 1. The van der Waals surface area contributed by atoms with Gasteiger partial charge in [-0.1, -0.05) is 26.0 Å². The number of benzene rings is 2. The summed E-state index contributed by atoms with van der Waals surface area (Å²) in [7, 11) is 1.61. The maximum atomic E-state index is 13.2. The highest BCUT2D eigenvalue weighted by atomic mass is 16.5. The monoisotopic (exact) mass is 393 g/mol. The van der Waals surface area contributed by atoms with Gasteiger partial charge in [0.15, 0.2) is 0 Å². The third kappa shape index (κ3) is 3.87. The van der Waals surface area contributed by atoms with Crippen molar-refractivity contribution in [1.29, 1.82) is 0 Å². The standard InChI is InChI=1S/C24H27NO4/c1-15-10-16(2)12-25(11-15)13-20-22(26)9-8-19-23(27)21(14-29-24(19)20)17-4-6-18(28-3)7-5-17/h4-9,14-16,26H,10-13H2,1-3H3/t15-,16-/m1/s1. The van der Waals surface area contributed by atoms with Gasteiger partial charge in [0.05, 0.1) is 23.6 Å². The second-order valence-corrected chi connectivity index (χ2v) is 8.29. The molecule has 2 atom stereocenters. The Balaban J connectivity index is 1.74. The number of rotatable bonds is 4. The van der Waals surface area contributed by atoms with E-state index in [0.29, 0.717) is 40.5 Å². The van der Waals surface area contributed by atoms with Crippen LogP contribution in [0.4, 0.5) is 0 Å². The third-order valence-electron chi connectivity index (χ3n) is 5.75. The Morgan fingerprint density at radius 2 is 1.79 bits per heavy atom. The Bertz CT molecular complexity index is 1060. The third-order valence-corrected chi connectivity index (χ3v) is 5.75. The number of phenolic OH excluding ortho intramolecular Hbond substituents is 1. The van der Waals surface area contributed by atoms with Crippen LogP contribution < -0.4 is 10.2 Å². The number of likely N-dealkylation sites (tertiary alicyclic amines) is 1. The maximum Gasteiger partial charge on any atom is 0.200 e. The van der Waals surface area contributed by atoms with Crippen molar-refractivity contribution in [2.45, 2.75) is 26.8 Å². The summed E-state index contributed by atoms with van der Waals surface area (Å²) in [4.78, 5) is 15.5. The zero-order chi connectivity index (χ0) is 20.5. The van der Waals surface area contributed by atoms with Crippen molar-refractivity contribution >= 4 is 11.0 Å². The van der Waals surface area contributed by atoms with Gasteiger partial charge in [-0.25, -0.2) is 0 Å². The zero-order valence-corrected chi connectivity index (χ0v) is 17.1. The molecule has 0 saturated carbocycles. The van der Waals surface area contributed by atoms with E-state index in [9.17, 15) is 9.90 Å². The van der Waals surface area contributed by atoms with Crippen molar-refractivity contribution in [1.82, 2.24) is 4.90 Å². The first-order chi connectivity index (χ1) is 14.0. The van der Waals surface area contributed by atoms with Crippen molar-refractivity contribution in [2.75, 3.05) is 20.2 Å². The molecule has 0 bridgehead atoms. The smallest absolute Gasteiger partial charge is 0.200 e. The van der Waals surface area contributed by atoms with Gasteiger partial charge in [-0.15, -0.1) is 0 Å². The first-order valence-electron chi connectivity index (χ1n) is 10.1. The molecule has 2 aromatic carbocycles. The first-order valence-corrected chi connectivity index (χ1v) is 10.1. The van der Waals surface area contributed by atoms with E-state index in [-0.39, 0.29) is 11.2 Å². The molecule has 5 heteroatoms. The van der Waals surface area contributed by atoms with Crippen LogP contribution in [0.15, 0.2) is 51.9 Å². The fourth-order valence-corrected chi connectivity index (χ4v) is 4.51. The lowest BCUT2D eigenvalue weighted by molar-refractivity contribution is 0.133. The Hall–Kier alpha value is -2.79. The Kier molecular flexibility index (Phi) is 5.33. The molecule has 3 aromatic rings. The lowest BCUT2D eigenvalue weighted by atomic mass is 9.91. The van der Waals surface area contributed by atoms with Gasteiger partial charge >= 0.3 is 0 Å². The largest absolute Gasteiger partial charge is 0.507 e. The van der Waals surface area contributed by atoms with Crippen molar-refractivity contribution in [2.24, 2.45) is 11.8 Å². The molecular formula is C24H27NO4. The highest BCUT2D eigenvalue weighted by molar-refractivity contribution is 5.85. The van der Waals surface area contributed by atoms with Gasteiger partial charge < -0.3 is 14.3 Å². The fraction of sp³-hybridized carbons (Fsp3) is 0.375. The minimum absolute atomic E-state index is 0.0990. The van der Waals surface area contributed by atoms with Crippen LogP contribution in [0.1, 0.15) is 25.8 Å². The van der Waals surface area contributed by atoms with E-state index < -0.39 is 0 Å². The molecule has 1 fully saturated rings. The molecule has 29 heavy (non-hydrogen) atoms. The van der Waals surface area contributed by atoms with E-state index in [1.54, 1.807) is 19.2 Å². The molecule has 0 unspecified atom stereocenters. The van der Waals surface area contributed by atoms with Gasteiger partial charge in [0, 0.05) is 19.6 Å². The van der Waals surface area contributed by atoms with Gasteiger partial charge in [0.2, 0.25) is 5.43 Å². The summed E-state index contributed by atoms with van der Waals surface area (Å²) >= 11 is 0. The molecule has 152 valence electrons. The van der Waals surface area contributed by atoms with E-state index in [1.165, 1.54) is 12.7 Å². The second-order valence-electron chi connectivity index (χ2n) is 8.29. The lowest BCUT2D eigenvalue weighted by Crippen LogP contribution is -2.38. The molecule has 0 aliphatic carbocycles. The average molecular weight is 393 g/mol. The summed E-state index contributed by atoms with van der Waals surface area (Å²) in [5.41, 5.74) is 2.32. The summed E-state index contributed by atoms with van der Waals surface area (Å²) in [6.07, 6.45) is 2.72. The number of phenols is 1. The second kappa shape index (κ2) is 7.91. The van der Waals surface area contributed by atoms with Crippen LogP contribution >= 0.6 is 0 Å². The van der Waals surface area contributed by atoms with Gasteiger partial charge in [-0.2, -0.15) is 0 Å². The molecule has 4 rings (SSSR count). The summed E-state index contributed by atoms with van der Waals surface area (Å²) in [6.45, 7) is 7.05. The topological polar surface area (TPSA) is 62.9 Å². The Morgan fingerprint density at radius 1 is 1.10 bits per heavy atom. The molecule has 2 heterocycles. The summed E-state index contributed by atoms with van der Waals surface area (Å²) in [5.74, 6) is 2.13. The molecule has 1 aromatic heterocycles. The van der Waals surface area contributed by atoms with E-state index in [4.69, 9.17) is 9.15 Å². The van der Waals surface area contributed by atoms with Crippen LogP contribution in [0.5, 0.6) is 11.5 Å². The van der Waals surface area contributed by atoms with Crippen LogP contribution in [0.3, 0.4) is 0 Å². The van der Waals surface area contributed by atoms with E-state index in [0.717, 1.165) is 24.4 Å². The Morgan fingerprint density at radius 3 is 2.45 bits per heavy atom. The molecule has 1 N–H and O–H groups in total. The molecule has 0 radical (unpaired) electrons. The van der Waals surface area contributed by atoms with E-state index in [2.05, 4.69) is 18.7 Å². The molecule has 1 aliphatic heterocycles. The average Bonchev–Trinajstić information content (AvgIpc) is 2.70. The highest BCUT2D eigenvalue weighted by Gasteiger charge is 2.24. The zero-order valence-electron chi connectivity index (χ0n) is 17.1. The maximum absolute atomic E-state index is 13.2. The van der Waals surface area contributed by atoms with Crippen molar-refractivity contribution in [3.8, 4) is 22.6 Å². The predicted octanol–water partition coefficient (Wildman–Crippen LogP) is 4.65. The number of hydrogen-bond donors (Lipinski definition) is 1. The summed E-state index contributed by atoms with van der Waals surface area (Å²) in [6, 6.07) is 10.6. The van der Waals surface area contributed by atoms with Gasteiger partial charge in [-0.05, 0) is 48.1 Å². The van der Waals surface area contributed by atoms with Crippen molar-refractivity contribution in [3.63, 3.8) is 0 Å². The molecule has 0 amide bonds. The van der Waals surface area contributed by atoms with Crippen LogP contribution in [0.25, 0.3) is 22.1 Å². The number of ether oxygens (including phenoxy) is 1. The van der Waals surface area contributed by atoms with E-state index in [1.807, 2.05) is 24.3 Å². The molecule has 1 aliphatic rings. The lowest BCUT2D eigenvalue weighted by Gasteiger charge is -2.35. The molecule has 5 nitrogen and oxygen atoms in total. The van der Waals surface area contributed by atoms with Crippen LogP contribution in [-0.2, 0) is 6.54 Å². The number of fused-ring (bicyclic) bond motifs is 1. The van der Waals surface area contributed by atoms with Crippen LogP contribution in [0, 0.1) is 11.8 Å². The first kappa shape index (κ1) is 19.5. The highest BCUT2D eigenvalue weighted by Crippen LogP contribution is 2.31. The number of hydrogen-bond acceptors (Lipinski definition) is 5. The number of methoxy groups -OCH3 is 1. The van der Waals surface area contributed by atoms with Crippen molar-refractivity contribution < 1.29 is 14.3 Å². The van der Waals surface area contributed by atoms with E-state index >= 15 is 0 Å². The van der Waals surface area contributed by atoms with Crippen molar-refractivity contribution in [3.05, 3.63) is 58.4 Å². The van der Waals surface area contributed by atoms with Gasteiger partial charge in [0.25, 0.3) is 0 Å². The summed E-state index contributed by atoms with van der Waals surface area (Å²) in [5, 5.41) is 11.0. The number of piperidine rings is 1. The quantitative estimate of drug-likeness (QED) is 0.699. The fourth-order valence-electron chi connectivity index (χ4n) is 4.51. The predicted molar refractivity (Wildman–Crippen MR) is 114 cm³/mol. The van der Waals surface area contributed by atoms with Gasteiger partial charge in [-0.3, -0.25) is 9.69 Å². The summed E-state index contributed by atoms with van der Waals surface area (Å²) < 4.78 is 11.1. The SMILES string of the molecule is COc1ccc(-c2coc3c(CN4C[C@H](C)C[C@@H](C)C4)c(O)ccc3c2=O)cc1. The minimum Gasteiger partial charge on any atom is -0.507 e. The molecule has 0 spiro atoms.